The Morgan fingerprint density at radius 3 is 0.920 bits per heavy atom. The third-order valence-corrected chi connectivity index (χ3v) is 19.4. The van der Waals surface area contributed by atoms with E-state index in [1.54, 1.807) is 0 Å². The highest BCUT2D eigenvalue weighted by atomic mass is 15.1. The molecule has 0 spiro atoms. The lowest BCUT2D eigenvalue weighted by Crippen LogP contribution is -2.65. The van der Waals surface area contributed by atoms with Gasteiger partial charge in [0, 0.05) is 22.6 Å². The molecule has 0 bridgehead atoms. The van der Waals surface area contributed by atoms with Crippen LogP contribution in [0.15, 0.2) is 133 Å². The van der Waals surface area contributed by atoms with E-state index >= 15 is 0 Å². The molecule has 75 heavy (non-hydrogen) atoms. The lowest BCUT2D eigenvalue weighted by atomic mass is 9.47. The van der Waals surface area contributed by atoms with E-state index in [-0.39, 0.29) is 0 Å². The molecule has 1 aliphatic carbocycles. The number of anilines is 3. The quantitative estimate of drug-likeness (QED) is 0.144. The average Bonchev–Trinajstić information content (AvgIpc) is 3.75. The van der Waals surface area contributed by atoms with Crippen LogP contribution in [0.3, 0.4) is 0 Å². The first-order valence-electron chi connectivity index (χ1n) is 27.2. The van der Waals surface area contributed by atoms with Crippen LogP contribution < -0.4 is 97.8 Å². The highest BCUT2D eigenvalue weighted by Crippen LogP contribution is 2.56. The van der Waals surface area contributed by atoms with Crippen LogP contribution in [0.25, 0.3) is 54.9 Å². The van der Waals surface area contributed by atoms with Gasteiger partial charge in [-0.2, -0.15) is 0 Å². The lowest BCUT2D eigenvalue weighted by molar-refractivity contribution is 0.805. The van der Waals surface area contributed by atoms with Crippen molar-refractivity contribution in [2.45, 2.75) is 5.41 Å². The van der Waals surface area contributed by atoms with Gasteiger partial charge in [0.1, 0.15) is 133 Å². The Labute approximate surface area is 461 Å². The van der Waals surface area contributed by atoms with Crippen molar-refractivity contribution in [2.75, 3.05) is 4.90 Å². The molecular weight excluding hydrogens is 882 g/mol. The zero-order valence-corrected chi connectivity index (χ0v) is 47.6. The highest BCUT2D eigenvalue weighted by molar-refractivity contribution is 6.71. The molecule has 11 rings (SSSR count). The van der Waals surface area contributed by atoms with E-state index in [2.05, 4.69) is 272 Å². The smallest absolute Gasteiger partial charge is 0.141 e. The van der Waals surface area contributed by atoms with Crippen molar-refractivity contribution < 1.29 is 0 Å². The molecule has 0 aromatic heterocycles. The molecule has 0 fully saturated rings. The molecule has 0 atom stereocenters. The van der Waals surface area contributed by atoms with Crippen LogP contribution in [-0.2, 0) is 5.41 Å². The maximum atomic E-state index is 2.62. The maximum absolute atomic E-state index is 2.62. The summed E-state index contributed by atoms with van der Waals surface area (Å²) in [5, 5.41) is 5.01. The van der Waals surface area contributed by atoms with Gasteiger partial charge < -0.3 is 4.90 Å². The van der Waals surface area contributed by atoms with Gasteiger partial charge in [-0.3, -0.25) is 0 Å². The summed E-state index contributed by atoms with van der Waals surface area (Å²) in [6.07, 6.45) is 0. The fourth-order valence-corrected chi connectivity index (χ4v) is 13.9. The molecule has 0 saturated carbocycles. The molecule has 10 aromatic rings. The highest BCUT2D eigenvalue weighted by Gasteiger charge is 2.53. The molecule has 18 heteroatoms. The monoisotopic (exact) mass is 942 g/mol. The maximum Gasteiger partial charge on any atom is 0.141 e. The Hall–Kier alpha value is -6.38. The Kier molecular flexibility index (Phi) is 12.7. The molecule has 0 saturated heterocycles. The van der Waals surface area contributed by atoms with Crippen LogP contribution in [-0.4, -0.2) is 133 Å². The third-order valence-electron chi connectivity index (χ3n) is 19.4. The topological polar surface area (TPSA) is 3.24 Å². The number of benzene rings is 10. The van der Waals surface area contributed by atoms with E-state index in [1.807, 2.05) is 0 Å². The molecule has 0 radical (unpaired) electrons. The molecule has 1 nitrogen and oxygen atoms in total. The van der Waals surface area contributed by atoms with Crippen molar-refractivity contribution in [3.05, 3.63) is 156 Å². The van der Waals surface area contributed by atoms with Crippen molar-refractivity contribution in [1.82, 2.24) is 0 Å². The zero-order valence-electron chi connectivity index (χ0n) is 47.6. The van der Waals surface area contributed by atoms with Gasteiger partial charge in [-0.25, -0.2) is 0 Å². The first kappa shape index (κ1) is 50.8. The Morgan fingerprint density at radius 1 is 0.240 bits per heavy atom. The van der Waals surface area contributed by atoms with E-state index in [1.165, 1.54) is 176 Å². The molecule has 0 N–H and O–H groups in total. The largest absolute Gasteiger partial charge is 0.310 e. The van der Waals surface area contributed by atoms with Gasteiger partial charge in [0.2, 0.25) is 0 Å². The van der Waals surface area contributed by atoms with Crippen LogP contribution >= 0.6 is 0 Å². The molecular formula is C57H56B17N. The van der Waals surface area contributed by atoms with Crippen LogP contribution in [0.2, 0.25) is 0 Å². The van der Waals surface area contributed by atoms with Crippen LogP contribution in [0, 0.1) is 0 Å². The Bertz CT molecular complexity index is 3850. The number of rotatable bonds is 7. The van der Waals surface area contributed by atoms with Crippen molar-refractivity contribution in [3.8, 4) is 33.4 Å². The van der Waals surface area contributed by atoms with E-state index in [0.717, 1.165) is 11.4 Å². The predicted molar refractivity (Wildman–Crippen MR) is 383 cm³/mol. The normalized spacial score (nSPS) is 12.5. The summed E-state index contributed by atoms with van der Waals surface area (Å²) in [6, 6.07) is 49.9. The Balaban J connectivity index is 1.30. The minimum absolute atomic E-state index is 0.643. The summed E-state index contributed by atoms with van der Waals surface area (Å²) in [6.45, 7) is 0. The summed E-state index contributed by atoms with van der Waals surface area (Å²) in [4.78, 5) is 2.62. The first-order chi connectivity index (χ1) is 35.8. The second-order valence-corrected chi connectivity index (χ2v) is 22.5. The number of hydrogen-bond acceptors (Lipinski definition) is 1. The van der Waals surface area contributed by atoms with E-state index in [0.29, 0.717) is 0 Å². The van der Waals surface area contributed by atoms with Gasteiger partial charge in [0.05, 0.1) is 5.41 Å². The van der Waals surface area contributed by atoms with E-state index < -0.39 is 5.41 Å². The van der Waals surface area contributed by atoms with Crippen molar-refractivity contribution in [3.63, 3.8) is 0 Å². The molecule has 0 unspecified atom stereocenters. The fraction of sp³-hybridized carbons (Fsp3) is 0.0175. The second kappa shape index (κ2) is 18.7. The van der Waals surface area contributed by atoms with Gasteiger partial charge in [-0.15, -0.1) is 43.7 Å². The van der Waals surface area contributed by atoms with Crippen LogP contribution in [0.1, 0.15) is 22.3 Å². The molecule has 0 heterocycles. The molecule has 0 amide bonds. The number of hydrogen-bond donors (Lipinski definition) is 0. The first-order valence-corrected chi connectivity index (χ1v) is 27.2. The molecule has 1 aliphatic rings. The number of fused-ring (bicyclic) bond motifs is 5. The van der Waals surface area contributed by atoms with Gasteiger partial charge >= 0.3 is 0 Å². The van der Waals surface area contributed by atoms with E-state index in [9.17, 15) is 0 Å². The van der Waals surface area contributed by atoms with Crippen LogP contribution in [0.5, 0.6) is 0 Å². The molecule has 0 aliphatic heterocycles. The fourth-order valence-electron chi connectivity index (χ4n) is 13.9. The van der Waals surface area contributed by atoms with Gasteiger partial charge in [0.15, 0.2) is 0 Å². The van der Waals surface area contributed by atoms with Gasteiger partial charge in [-0.05, 0) is 108 Å². The molecule has 340 valence electrons. The summed E-state index contributed by atoms with van der Waals surface area (Å²) in [7, 11) is 40.8. The second-order valence-electron chi connectivity index (χ2n) is 22.5. The zero-order chi connectivity index (χ0) is 53.3. The minimum Gasteiger partial charge on any atom is -0.310 e. The average molecular weight is 939 g/mol. The van der Waals surface area contributed by atoms with Gasteiger partial charge in [-0.1, -0.05) is 146 Å². The molecule has 10 aromatic carbocycles. The van der Waals surface area contributed by atoms with E-state index in [4.69, 9.17) is 0 Å². The summed E-state index contributed by atoms with van der Waals surface area (Å²) >= 11 is 0. The SMILES string of the molecule is Bc1c(B)c(B)c(C2(c3c(B)c(B)c(B)c(B)c3B)c3c(B)c(B)c(B)c(B)c3-c3c(N(c4ccc(-c5ccc6ccccc6c5)cc4)c4ccc(-c5ccc6ccccc6c5)cc4)c(B)c(B)c(B)c32)c(B)c1B. The van der Waals surface area contributed by atoms with Crippen LogP contribution in [0.4, 0.5) is 17.1 Å². The third kappa shape index (κ3) is 7.46. The van der Waals surface area contributed by atoms with Crippen molar-refractivity contribution in [1.29, 1.82) is 0 Å². The number of nitrogens with zero attached hydrogens (tertiary/aromatic N) is 1. The lowest BCUT2D eigenvalue weighted by Gasteiger charge is -2.44. The van der Waals surface area contributed by atoms with Gasteiger partial charge in [0.25, 0.3) is 0 Å². The summed E-state index contributed by atoms with van der Waals surface area (Å²) < 4.78 is 0. The van der Waals surface area contributed by atoms with Crippen molar-refractivity contribution >= 4 is 265 Å². The predicted octanol–water partition coefficient (Wildman–Crippen LogP) is -14.4. The summed E-state index contributed by atoms with van der Waals surface area (Å²) in [5.41, 5.74) is 39.7. The minimum atomic E-state index is -0.643. The Morgan fingerprint density at radius 2 is 0.533 bits per heavy atom. The summed E-state index contributed by atoms with van der Waals surface area (Å²) in [5.74, 6) is 0. The standard InChI is InChI=1S/C57H56B17N/c58-39-33-34-36(57(35(33)40(59)47(66)46(39)65,37-42(61)48(67)53(72)49(68)43(37)62)38-44(63)50(69)54(73)51(70)45(38)64)41(60)52(71)55(74)56(34)75(31-17-13-25(14-18-31)29-11-9-23-5-1-3-7-27(23)21-29)32-19-15-26(16-20-32)30-12-10-24-6-2-4-8-28(24)22-30/h1-22H,58-74H2. The van der Waals surface area contributed by atoms with Crippen molar-refractivity contribution in [2.24, 2.45) is 0 Å².